The molecule has 0 aliphatic heterocycles. The molecule has 2 rings (SSSR count). The lowest BCUT2D eigenvalue weighted by Gasteiger charge is -2.05. The summed E-state index contributed by atoms with van der Waals surface area (Å²) in [7, 11) is -3.18. The molecule has 0 saturated heterocycles. The van der Waals surface area contributed by atoms with Gasteiger partial charge in [-0.1, -0.05) is 17.9 Å². The van der Waals surface area contributed by atoms with Gasteiger partial charge in [0, 0.05) is 18.7 Å². The summed E-state index contributed by atoms with van der Waals surface area (Å²) in [5.74, 6) is 5.88. The first-order valence-electron chi connectivity index (χ1n) is 6.92. The molecule has 0 atom stereocenters. The van der Waals surface area contributed by atoms with Crippen molar-refractivity contribution in [1.29, 1.82) is 0 Å². The molecule has 0 heterocycles. The van der Waals surface area contributed by atoms with Crippen molar-refractivity contribution >= 4 is 21.6 Å². The second-order valence-electron chi connectivity index (χ2n) is 4.92. The van der Waals surface area contributed by atoms with Crippen molar-refractivity contribution in [2.45, 2.75) is 25.0 Å². The van der Waals surface area contributed by atoms with E-state index in [4.69, 9.17) is 4.74 Å². The minimum absolute atomic E-state index is 0.0914. The van der Waals surface area contributed by atoms with Crippen LogP contribution in [0.2, 0.25) is 0 Å². The summed E-state index contributed by atoms with van der Waals surface area (Å²) in [5, 5.41) is 2.42. The predicted molar refractivity (Wildman–Crippen MR) is 84.0 cm³/mol. The van der Waals surface area contributed by atoms with Crippen LogP contribution in [0.4, 0.5) is 5.69 Å². The number of hydrogen-bond acceptors (Lipinski definition) is 4. The largest absolute Gasteiger partial charge is 0.481 e. The molecular weight excluding hydrogens is 304 g/mol. The van der Waals surface area contributed by atoms with Gasteiger partial charge in [0.15, 0.2) is 0 Å². The lowest BCUT2D eigenvalue weighted by atomic mass is 10.3. The van der Waals surface area contributed by atoms with Crippen LogP contribution in [0.5, 0.6) is 5.75 Å². The zero-order chi connectivity index (χ0) is 16.0. The number of benzene rings is 1. The van der Waals surface area contributed by atoms with E-state index in [1.54, 1.807) is 24.3 Å². The highest BCUT2D eigenvalue weighted by Crippen LogP contribution is 2.27. The van der Waals surface area contributed by atoms with Crippen LogP contribution in [-0.2, 0) is 14.8 Å². The van der Waals surface area contributed by atoms with E-state index in [-0.39, 0.29) is 24.3 Å². The van der Waals surface area contributed by atoms with Crippen LogP contribution in [0.15, 0.2) is 24.3 Å². The van der Waals surface area contributed by atoms with Gasteiger partial charge in [0.2, 0.25) is 15.9 Å². The highest BCUT2D eigenvalue weighted by atomic mass is 32.2. The number of ether oxygens (including phenoxy) is 1. The summed E-state index contributed by atoms with van der Waals surface area (Å²) in [6.45, 7) is 1.67. The number of carbonyl (C=O) groups is 1. The zero-order valence-electron chi connectivity index (χ0n) is 12.3. The molecule has 2 N–H and O–H groups in total. The molecule has 1 aliphatic carbocycles. The monoisotopic (exact) mass is 322 g/mol. The first-order valence-corrected chi connectivity index (χ1v) is 8.46. The van der Waals surface area contributed by atoms with Crippen molar-refractivity contribution in [2.24, 2.45) is 0 Å². The Kier molecular flexibility index (Phi) is 5.41. The minimum atomic E-state index is -3.18. The molecule has 1 aromatic rings. The summed E-state index contributed by atoms with van der Waals surface area (Å²) < 4.78 is 30.9. The van der Waals surface area contributed by atoms with Gasteiger partial charge in [-0.15, -0.1) is 0 Å². The fraction of sp³-hybridized carbons (Fsp3) is 0.400. The van der Waals surface area contributed by atoms with Crippen LogP contribution < -0.4 is 14.8 Å². The van der Waals surface area contributed by atoms with Crippen LogP contribution >= 0.6 is 0 Å². The topological polar surface area (TPSA) is 84.5 Å². The lowest BCUT2D eigenvalue weighted by Crippen LogP contribution is -2.27. The summed E-state index contributed by atoms with van der Waals surface area (Å²) in [5.41, 5.74) is 0.648. The number of carbonyl (C=O) groups excluding carboxylic acids is 1. The van der Waals surface area contributed by atoms with Gasteiger partial charge in [0.25, 0.3) is 0 Å². The molecule has 0 spiro atoms. The molecule has 1 aromatic carbocycles. The summed E-state index contributed by atoms with van der Waals surface area (Å²) in [6, 6.07) is 6.96. The Hall–Kier alpha value is -2.04. The molecule has 22 heavy (non-hydrogen) atoms. The number of nitrogens with one attached hydrogen (secondary N) is 2. The van der Waals surface area contributed by atoms with Crippen LogP contribution in [0.25, 0.3) is 0 Å². The molecule has 6 nitrogen and oxygen atoms in total. The van der Waals surface area contributed by atoms with E-state index in [1.807, 2.05) is 0 Å². The van der Waals surface area contributed by atoms with E-state index in [0.717, 1.165) is 12.8 Å². The Morgan fingerprint density at radius 1 is 1.36 bits per heavy atom. The van der Waals surface area contributed by atoms with Gasteiger partial charge in [-0.2, -0.15) is 0 Å². The van der Waals surface area contributed by atoms with Crippen LogP contribution in [-0.4, -0.2) is 32.7 Å². The number of hydrogen-bond donors (Lipinski definition) is 2. The first-order chi connectivity index (χ1) is 10.5. The van der Waals surface area contributed by atoms with E-state index >= 15 is 0 Å². The maximum absolute atomic E-state index is 11.5. The summed E-state index contributed by atoms with van der Waals surface area (Å²) in [6.07, 6.45) is 1.47. The van der Waals surface area contributed by atoms with Gasteiger partial charge < -0.3 is 10.1 Å². The summed E-state index contributed by atoms with van der Waals surface area (Å²) in [4.78, 5) is 11.0. The Morgan fingerprint density at radius 3 is 2.82 bits per heavy atom. The standard InChI is InChI=1S/C15H18N2O4S/c1-12(18)17-13-5-4-6-14(11-13)21-10-3-2-9-16-22(19,20)15-7-8-15/h4-6,11,15-16H,7-10H2,1H3,(H,17,18). The molecule has 0 radical (unpaired) electrons. The van der Waals surface area contributed by atoms with Gasteiger partial charge in [-0.05, 0) is 25.0 Å². The summed E-state index contributed by atoms with van der Waals surface area (Å²) >= 11 is 0. The highest BCUT2D eigenvalue weighted by molar-refractivity contribution is 7.90. The fourth-order valence-electron chi connectivity index (χ4n) is 1.73. The average Bonchev–Trinajstić information content (AvgIpc) is 3.27. The van der Waals surface area contributed by atoms with Crippen molar-refractivity contribution in [3.63, 3.8) is 0 Å². The van der Waals surface area contributed by atoms with E-state index in [1.165, 1.54) is 6.92 Å². The van der Waals surface area contributed by atoms with Crippen molar-refractivity contribution < 1.29 is 17.9 Å². The van der Waals surface area contributed by atoms with E-state index < -0.39 is 10.0 Å². The van der Waals surface area contributed by atoms with Gasteiger partial charge >= 0.3 is 0 Å². The lowest BCUT2D eigenvalue weighted by molar-refractivity contribution is -0.114. The smallest absolute Gasteiger partial charge is 0.221 e. The molecular formula is C15H18N2O4S. The second kappa shape index (κ2) is 7.29. The Morgan fingerprint density at radius 2 is 2.14 bits per heavy atom. The number of anilines is 1. The molecule has 0 bridgehead atoms. The van der Waals surface area contributed by atoms with Gasteiger partial charge in [0.05, 0.1) is 11.8 Å². The van der Waals surface area contributed by atoms with Gasteiger partial charge in [-0.3, -0.25) is 4.79 Å². The molecule has 0 aromatic heterocycles. The maximum Gasteiger partial charge on any atom is 0.221 e. The molecule has 1 amide bonds. The number of sulfonamides is 1. The third kappa shape index (κ3) is 5.39. The SMILES string of the molecule is CC(=O)Nc1cccc(OCC#CCNS(=O)(=O)C2CC2)c1. The van der Waals surface area contributed by atoms with Gasteiger partial charge in [0.1, 0.15) is 12.4 Å². The highest BCUT2D eigenvalue weighted by Gasteiger charge is 2.34. The Balaban J connectivity index is 1.74. The molecule has 7 heteroatoms. The van der Waals surface area contributed by atoms with Crippen molar-refractivity contribution in [1.82, 2.24) is 4.72 Å². The Bertz CT molecular complexity index is 700. The van der Waals surface area contributed by atoms with Crippen molar-refractivity contribution in [3.05, 3.63) is 24.3 Å². The molecule has 1 saturated carbocycles. The zero-order valence-corrected chi connectivity index (χ0v) is 13.1. The third-order valence-corrected chi connectivity index (χ3v) is 4.81. The van der Waals surface area contributed by atoms with E-state index in [9.17, 15) is 13.2 Å². The Labute approximate surface area is 130 Å². The van der Waals surface area contributed by atoms with Crippen molar-refractivity contribution in [3.8, 4) is 17.6 Å². The third-order valence-electron chi connectivity index (χ3n) is 2.92. The normalized spacial score (nSPS) is 13.9. The molecule has 1 aliphatic rings. The molecule has 0 unspecified atom stereocenters. The van der Waals surface area contributed by atoms with Gasteiger partial charge in [-0.25, -0.2) is 13.1 Å². The van der Waals surface area contributed by atoms with E-state index in [0.29, 0.717) is 11.4 Å². The second-order valence-corrected chi connectivity index (χ2v) is 6.96. The number of amides is 1. The predicted octanol–water partition coefficient (Wildman–Crippen LogP) is 1.11. The minimum Gasteiger partial charge on any atom is -0.481 e. The average molecular weight is 322 g/mol. The van der Waals surface area contributed by atoms with E-state index in [2.05, 4.69) is 21.9 Å². The maximum atomic E-state index is 11.5. The van der Waals surface area contributed by atoms with Crippen LogP contribution in [0.3, 0.4) is 0 Å². The quantitative estimate of drug-likeness (QED) is 0.768. The van der Waals surface area contributed by atoms with Crippen molar-refractivity contribution in [2.75, 3.05) is 18.5 Å². The first kappa shape index (κ1) is 16.3. The van der Waals surface area contributed by atoms with Crippen LogP contribution in [0, 0.1) is 11.8 Å². The molecule has 118 valence electrons. The number of rotatable bonds is 6. The fourth-order valence-corrected chi connectivity index (χ4v) is 3.00. The van der Waals surface area contributed by atoms with Crippen LogP contribution in [0.1, 0.15) is 19.8 Å². The molecule has 1 fully saturated rings.